The molecule has 0 aromatic heterocycles. The lowest BCUT2D eigenvalue weighted by atomic mass is 10.2. The number of thioether (sulfide) groups is 2. The minimum absolute atomic E-state index is 0.0624. The molecular formula is C22H47N2O2PS2. The van der Waals surface area contributed by atoms with Gasteiger partial charge in [0.1, 0.15) is 0 Å². The lowest BCUT2D eigenvalue weighted by Gasteiger charge is -2.45. The third-order valence-electron chi connectivity index (χ3n) is 4.33. The Morgan fingerprint density at radius 3 is 1.62 bits per heavy atom. The molecule has 0 unspecified atom stereocenters. The summed E-state index contributed by atoms with van der Waals surface area (Å²) in [6.45, 7) is 27.2. The van der Waals surface area contributed by atoms with Crippen molar-refractivity contribution >= 4 is 37.1 Å². The lowest BCUT2D eigenvalue weighted by Crippen LogP contribution is -2.43. The van der Waals surface area contributed by atoms with Crippen molar-refractivity contribution in [3.8, 4) is 0 Å². The highest BCUT2D eigenvalue weighted by atomic mass is 32.2. The largest absolute Gasteiger partial charge is 0.330 e. The summed E-state index contributed by atoms with van der Waals surface area (Å²) in [5.41, 5.74) is 0. The van der Waals surface area contributed by atoms with Gasteiger partial charge in [-0.05, 0) is 69.2 Å². The molecule has 4 nitrogen and oxygen atoms in total. The Hall–Kier alpha value is 0.680. The van der Waals surface area contributed by atoms with E-state index in [2.05, 4.69) is 78.6 Å². The van der Waals surface area contributed by atoms with Crippen molar-refractivity contribution in [2.45, 2.75) is 112 Å². The maximum Gasteiger partial charge on any atom is 0.191 e. The van der Waals surface area contributed by atoms with E-state index in [4.69, 9.17) is 4.52 Å². The molecule has 0 aromatic rings. The number of nitrogens with zero attached hydrogens (tertiary/aromatic N) is 2. The number of carbonyl (C=O) groups excluding carboxylic acids is 1. The molecule has 0 aliphatic carbocycles. The Kier molecular flexibility index (Phi) is 14.3. The minimum Gasteiger partial charge on any atom is -0.330 e. The monoisotopic (exact) mass is 466 g/mol. The second kappa shape index (κ2) is 14.0. The van der Waals surface area contributed by atoms with Crippen LogP contribution in [0.5, 0.6) is 0 Å². The molecule has 0 aliphatic rings. The predicted octanol–water partition coefficient (Wildman–Crippen LogP) is 6.90. The molecule has 0 rings (SSSR count). The summed E-state index contributed by atoms with van der Waals surface area (Å²) in [6.07, 6.45) is 0. The van der Waals surface area contributed by atoms with Crippen molar-refractivity contribution in [2.24, 2.45) is 5.92 Å². The molecule has 0 amide bonds. The predicted molar refractivity (Wildman–Crippen MR) is 136 cm³/mol. The van der Waals surface area contributed by atoms with Gasteiger partial charge in [-0.1, -0.05) is 25.6 Å². The zero-order chi connectivity index (χ0) is 22.9. The van der Waals surface area contributed by atoms with Crippen LogP contribution in [-0.4, -0.2) is 61.5 Å². The van der Waals surface area contributed by atoms with E-state index in [-0.39, 0.29) is 15.8 Å². The number of rotatable bonds is 14. The van der Waals surface area contributed by atoms with E-state index in [0.29, 0.717) is 24.2 Å². The maximum atomic E-state index is 11.9. The summed E-state index contributed by atoms with van der Waals surface area (Å²) in [4.78, 5) is 11.9. The fourth-order valence-corrected chi connectivity index (χ4v) is 7.64. The van der Waals surface area contributed by atoms with Crippen LogP contribution in [0.2, 0.25) is 0 Å². The number of hydrogen-bond donors (Lipinski definition) is 0. The van der Waals surface area contributed by atoms with E-state index in [0.717, 1.165) is 18.1 Å². The molecule has 0 saturated heterocycles. The molecule has 0 aromatic carbocycles. The van der Waals surface area contributed by atoms with Gasteiger partial charge in [0.25, 0.3) is 0 Å². The van der Waals surface area contributed by atoms with E-state index >= 15 is 0 Å². The van der Waals surface area contributed by atoms with Gasteiger partial charge in [-0.3, -0.25) is 4.79 Å². The topological polar surface area (TPSA) is 32.8 Å². The molecule has 0 atom stereocenters. The average molecular weight is 467 g/mol. The Balaban J connectivity index is 5.00. The van der Waals surface area contributed by atoms with Crippen LogP contribution in [0.15, 0.2) is 0 Å². The van der Waals surface area contributed by atoms with Crippen LogP contribution in [0.4, 0.5) is 0 Å². The van der Waals surface area contributed by atoms with Gasteiger partial charge in [-0.25, -0.2) is 9.34 Å². The maximum absolute atomic E-state index is 11.9. The fourth-order valence-electron chi connectivity index (χ4n) is 3.13. The molecule has 174 valence electrons. The molecule has 0 heterocycles. The molecule has 7 heteroatoms. The van der Waals surface area contributed by atoms with Gasteiger partial charge in [0.15, 0.2) is 13.6 Å². The molecule has 29 heavy (non-hydrogen) atoms. The molecule has 0 aliphatic heterocycles. The van der Waals surface area contributed by atoms with Gasteiger partial charge < -0.3 is 4.52 Å². The molecule has 0 N–H and O–H groups in total. The van der Waals surface area contributed by atoms with Crippen molar-refractivity contribution in [1.82, 2.24) is 9.34 Å². The van der Waals surface area contributed by atoms with Crippen molar-refractivity contribution in [3.63, 3.8) is 0 Å². The first kappa shape index (κ1) is 29.7. The highest BCUT2D eigenvalue weighted by Crippen LogP contribution is 2.50. The Morgan fingerprint density at radius 2 is 1.28 bits per heavy atom. The van der Waals surface area contributed by atoms with Gasteiger partial charge in [0.2, 0.25) is 0 Å². The van der Waals surface area contributed by atoms with Gasteiger partial charge in [-0.15, -0.1) is 0 Å². The highest BCUT2D eigenvalue weighted by molar-refractivity contribution is 8.14. The highest BCUT2D eigenvalue weighted by Gasteiger charge is 2.34. The molecule has 0 radical (unpaired) electrons. The first-order valence-electron chi connectivity index (χ1n) is 11.0. The van der Waals surface area contributed by atoms with Crippen LogP contribution in [-0.2, 0) is 9.32 Å². The van der Waals surface area contributed by atoms with E-state index < -0.39 is 8.45 Å². The number of hydrogen-bond acceptors (Lipinski definition) is 6. The van der Waals surface area contributed by atoms with Crippen LogP contribution in [0.25, 0.3) is 0 Å². The number of carbonyl (C=O) groups is 1. The summed E-state index contributed by atoms with van der Waals surface area (Å²) >= 11 is 3.37. The van der Waals surface area contributed by atoms with Crippen molar-refractivity contribution < 1.29 is 9.32 Å². The van der Waals surface area contributed by atoms with E-state index in [1.165, 1.54) is 11.8 Å². The molecule has 0 fully saturated rings. The van der Waals surface area contributed by atoms with Crippen LogP contribution in [0.3, 0.4) is 0 Å². The normalized spacial score (nSPS) is 13.5. The molecule has 0 bridgehead atoms. The van der Waals surface area contributed by atoms with E-state index in [1.54, 1.807) is 0 Å². The van der Waals surface area contributed by atoms with E-state index in [1.807, 2.05) is 25.6 Å². The van der Waals surface area contributed by atoms with Crippen molar-refractivity contribution in [2.75, 3.05) is 18.1 Å². The van der Waals surface area contributed by atoms with Gasteiger partial charge in [-0.2, -0.15) is 11.8 Å². The third-order valence-corrected chi connectivity index (χ3v) is 10.5. The van der Waals surface area contributed by atoms with Gasteiger partial charge >= 0.3 is 0 Å². The Morgan fingerprint density at radius 1 is 0.862 bits per heavy atom. The first-order valence-corrected chi connectivity index (χ1v) is 14.1. The minimum atomic E-state index is -0.826. The van der Waals surface area contributed by atoms with Crippen molar-refractivity contribution in [3.05, 3.63) is 0 Å². The summed E-state index contributed by atoms with van der Waals surface area (Å²) in [5, 5.41) is 0.285. The zero-order valence-electron chi connectivity index (χ0n) is 21.0. The summed E-state index contributed by atoms with van der Waals surface area (Å²) < 4.78 is 11.7. The standard InChI is InChI=1S/C22H47N2O2PS2/c1-16(2)21(25)28-15-22(11,12)29-14-13-26-27(23(17(3)4)18(5)6)24(19(7)8)20(9)10/h16-20H,13-15H2,1-12H3. The fraction of sp³-hybridized carbons (Fsp3) is 0.955. The second-order valence-electron chi connectivity index (χ2n) is 9.59. The Labute approximate surface area is 191 Å². The average Bonchev–Trinajstić information content (AvgIpc) is 2.54. The molecular weight excluding hydrogens is 419 g/mol. The van der Waals surface area contributed by atoms with Crippen LogP contribution in [0.1, 0.15) is 83.1 Å². The zero-order valence-corrected chi connectivity index (χ0v) is 23.5. The summed E-state index contributed by atoms with van der Waals surface area (Å²) in [6, 6.07) is 1.74. The van der Waals surface area contributed by atoms with Crippen LogP contribution in [0, 0.1) is 5.92 Å². The SMILES string of the molecule is CC(C)C(=O)SCC(C)(C)SCCOP(N(C(C)C)C(C)C)N(C(C)C)C(C)C. The first-order chi connectivity index (χ1) is 13.2. The van der Waals surface area contributed by atoms with Crippen LogP contribution >= 0.6 is 32.0 Å². The summed E-state index contributed by atoms with van der Waals surface area (Å²) in [7, 11) is -0.826. The van der Waals surface area contributed by atoms with Gasteiger partial charge in [0.05, 0.1) is 6.61 Å². The third kappa shape index (κ3) is 11.2. The van der Waals surface area contributed by atoms with Gasteiger partial charge in [0, 0.05) is 46.3 Å². The Bertz CT molecular complexity index is 436. The van der Waals surface area contributed by atoms with Crippen LogP contribution < -0.4 is 0 Å². The van der Waals surface area contributed by atoms with E-state index in [9.17, 15) is 4.79 Å². The molecule has 0 spiro atoms. The quantitative estimate of drug-likeness (QED) is 0.205. The molecule has 0 saturated carbocycles. The lowest BCUT2D eigenvalue weighted by molar-refractivity contribution is -0.113. The van der Waals surface area contributed by atoms with Crippen molar-refractivity contribution in [1.29, 1.82) is 0 Å². The second-order valence-corrected chi connectivity index (χ2v) is 14.1. The summed E-state index contributed by atoms with van der Waals surface area (Å²) in [5.74, 6) is 1.89. The smallest absolute Gasteiger partial charge is 0.191 e.